The van der Waals surface area contributed by atoms with Gasteiger partial charge in [0.25, 0.3) is 0 Å². The van der Waals surface area contributed by atoms with Crippen molar-refractivity contribution in [2.24, 2.45) is 0 Å². The minimum atomic E-state index is 0.000521. The van der Waals surface area contributed by atoms with Gasteiger partial charge in [0.15, 0.2) is 0 Å². The van der Waals surface area contributed by atoms with Crippen molar-refractivity contribution in [3.05, 3.63) is 90.5 Å². The van der Waals surface area contributed by atoms with E-state index in [4.69, 9.17) is 0 Å². The first-order valence-corrected chi connectivity index (χ1v) is 8.04. The third-order valence-electron chi connectivity index (χ3n) is 4.21. The minimum Gasteiger partial charge on any atom is -0.326 e. The number of hydrogen-bond donors (Lipinski definition) is 1. The molecule has 0 atom stereocenters. The second kappa shape index (κ2) is 6.17. The molecule has 0 aliphatic rings. The first-order chi connectivity index (χ1) is 11.8. The van der Waals surface area contributed by atoms with Crippen molar-refractivity contribution in [1.29, 1.82) is 0 Å². The van der Waals surface area contributed by atoms with Crippen molar-refractivity contribution in [3.8, 4) is 0 Å². The molecule has 0 aliphatic carbocycles. The maximum absolute atomic E-state index is 12.3. The Labute approximate surface area is 140 Å². The Morgan fingerprint density at radius 2 is 1.25 bits per heavy atom. The Hall–Kier alpha value is -3.13. The number of amides is 1. The van der Waals surface area contributed by atoms with Crippen LogP contribution in [-0.2, 0) is 11.2 Å². The topological polar surface area (TPSA) is 29.1 Å². The summed E-state index contributed by atoms with van der Waals surface area (Å²) in [5.41, 5.74) is 1.85. The molecule has 2 nitrogen and oxygen atoms in total. The second-order valence-electron chi connectivity index (χ2n) is 5.97. The van der Waals surface area contributed by atoms with E-state index in [0.29, 0.717) is 6.42 Å². The summed E-state index contributed by atoms with van der Waals surface area (Å²) in [5.74, 6) is 0.000521. The van der Waals surface area contributed by atoms with Gasteiger partial charge < -0.3 is 5.32 Å². The summed E-state index contributed by atoms with van der Waals surface area (Å²) < 4.78 is 0. The molecule has 0 saturated heterocycles. The van der Waals surface area contributed by atoms with E-state index < -0.39 is 0 Å². The molecule has 0 unspecified atom stereocenters. The molecule has 1 amide bonds. The monoisotopic (exact) mass is 311 g/mol. The summed E-state index contributed by atoms with van der Waals surface area (Å²) in [6, 6.07) is 28.5. The molecule has 0 aromatic heterocycles. The fraction of sp³-hybridized carbons (Fsp3) is 0.0455. The van der Waals surface area contributed by atoms with Crippen LogP contribution >= 0.6 is 0 Å². The van der Waals surface area contributed by atoms with Gasteiger partial charge >= 0.3 is 0 Å². The molecule has 0 radical (unpaired) electrons. The summed E-state index contributed by atoms with van der Waals surface area (Å²) in [5, 5.41) is 7.64. The Morgan fingerprint density at radius 1 is 0.667 bits per heavy atom. The van der Waals surface area contributed by atoms with Crippen molar-refractivity contribution in [2.45, 2.75) is 6.42 Å². The van der Waals surface area contributed by atoms with Crippen LogP contribution in [0.1, 0.15) is 5.56 Å². The average molecular weight is 311 g/mol. The SMILES string of the molecule is O=C(Cc1ccc2ccccc2c1)Nc1ccc2ccccc2c1. The van der Waals surface area contributed by atoms with Crippen LogP contribution in [0.15, 0.2) is 84.9 Å². The summed E-state index contributed by atoms with van der Waals surface area (Å²) in [7, 11) is 0. The Kier molecular flexibility index (Phi) is 3.72. The number of carbonyl (C=O) groups is 1. The average Bonchev–Trinajstić information content (AvgIpc) is 2.61. The Balaban J connectivity index is 1.52. The molecule has 4 rings (SSSR count). The van der Waals surface area contributed by atoms with Crippen molar-refractivity contribution >= 4 is 33.1 Å². The zero-order chi connectivity index (χ0) is 16.4. The molecule has 0 fully saturated rings. The zero-order valence-corrected chi connectivity index (χ0v) is 13.2. The van der Waals surface area contributed by atoms with Crippen LogP contribution in [0.5, 0.6) is 0 Å². The first kappa shape index (κ1) is 14.5. The van der Waals surface area contributed by atoms with Crippen LogP contribution in [0.25, 0.3) is 21.5 Å². The van der Waals surface area contributed by atoms with Crippen LogP contribution in [0.3, 0.4) is 0 Å². The van der Waals surface area contributed by atoms with Gasteiger partial charge in [-0.25, -0.2) is 0 Å². The van der Waals surface area contributed by atoms with E-state index >= 15 is 0 Å². The third kappa shape index (κ3) is 2.99. The van der Waals surface area contributed by atoms with Crippen molar-refractivity contribution in [2.75, 3.05) is 5.32 Å². The van der Waals surface area contributed by atoms with Crippen LogP contribution < -0.4 is 5.32 Å². The molecule has 1 N–H and O–H groups in total. The Bertz CT molecular complexity index is 953. The van der Waals surface area contributed by atoms with E-state index in [1.165, 1.54) is 10.8 Å². The van der Waals surface area contributed by atoms with Crippen molar-refractivity contribution < 1.29 is 4.79 Å². The normalized spacial score (nSPS) is 10.8. The fourth-order valence-electron chi connectivity index (χ4n) is 3.01. The largest absolute Gasteiger partial charge is 0.326 e. The first-order valence-electron chi connectivity index (χ1n) is 8.04. The van der Waals surface area contributed by atoms with Crippen LogP contribution in [-0.4, -0.2) is 5.91 Å². The molecule has 24 heavy (non-hydrogen) atoms. The number of nitrogens with one attached hydrogen (secondary N) is 1. The van der Waals surface area contributed by atoms with Gasteiger partial charge in [-0.15, -0.1) is 0 Å². The smallest absolute Gasteiger partial charge is 0.228 e. The number of hydrogen-bond acceptors (Lipinski definition) is 1. The minimum absolute atomic E-state index is 0.000521. The standard InChI is InChI=1S/C22H17NO/c24-22(14-16-9-10-17-5-1-3-7-19(17)13-16)23-21-12-11-18-6-2-4-8-20(18)15-21/h1-13,15H,14H2,(H,23,24). The Morgan fingerprint density at radius 3 is 1.96 bits per heavy atom. The van der Waals surface area contributed by atoms with E-state index in [-0.39, 0.29) is 5.91 Å². The molecular formula is C22H17NO. The number of fused-ring (bicyclic) bond motifs is 2. The molecule has 0 heterocycles. The number of benzene rings is 4. The molecule has 0 aliphatic heterocycles. The number of rotatable bonds is 3. The maximum atomic E-state index is 12.3. The van der Waals surface area contributed by atoms with E-state index in [2.05, 4.69) is 35.6 Å². The van der Waals surface area contributed by atoms with Gasteiger partial charge in [0, 0.05) is 5.69 Å². The number of anilines is 1. The van der Waals surface area contributed by atoms with Gasteiger partial charge in [0.2, 0.25) is 5.91 Å². The van der Waals surface area contributed by atoms with E-state index in [1.54, 1.807) is 0 Å². The lowest BCUT2D eigenvalue weighted by molar-refractivity contribution is -0.115. The summed E-state index contributed by atoms with van der Waals surface area (Å²) >= 11 is 0. The highest BCUT2D eigenvalue weighted by Gasteiger charge is 2.05. The highest BCUT2D eigenvalue weighted by Crippen LogP contribution is 2.20. The maximum Gasteiger partial charge on any atom is 0.228 e. The predicted octanol–water partition coefficient (Wildman–Crippen LogP) is 5.17. The second-order valence-corrected chi connectivity index (χ2v) is 5.97. The van der Waals surface area contributed by atoms with Crippen LogP contribution in [0, 0.1) is 0 Å². The van der Waals surface area contributed by atoms with Gasteiger partial charge in [-0.3, -0.25) is 4.79 Å². The van der Waals surface area contributed by atoms with Crippen molar-refractivity contribution in [3.63, 3.8) is 0 Å². The summed E-state index contributed by atoms with van der Waals surface area (Å²) in [4.78, 5) is 12.3. The third-order valence-corrected chi connectivity index (χ3v) is 4.21. The lowest BCUT2D eigenvalue weighted by Gasteiger charge is -2.07. The van der Waals surface area contributed by atoms with E-state index in [1.807, 2.05) is 54.6 Å². The molecule has 4 aromatic rings. The van der Waals surface area contributed by atoms with Crippen molar-refractivity contribution in [1.82, 2.24) is 0 Å². The predicted molar refractivity (Wildman–Crippen MR) is 100 cm³/mol. The van der Waals surface area contributed by atoms with Gasteiger partial charge in [-0.2, -0.15) is 0 Å². The summed E-state index contributed by atoms with van der Waals surface area (Å²) in [6.45, 7) is 0. The number of carbonyl (C=O) groups excluding carboxylic acids is 1. The van der Waals surface area contributed by atoms with Gasteiger partial charge in [0.1, 0.15) is 0 Å². The fourth-order valence-corrected chi connectivity index (χ4v) is 3.01. The van der Waals surface area contributed by atoms with Gasteiger partial charge in [-0.05, 0) is 39.2 Å². The van der Waals surface area contributed by atoms with E-state index in [9.17, 15) is 4.79 Å². The summed E-state index contributed by atoms with van der Waals surface area (Å²) in [6.07, 6.45) is 0.373. The van der Waals surface area contributed by atoms with Gasteiger partial charge in [-0.1, -0.05) is 72.8 Å². The molecule has 2 heteroatoms. The highest BCUT2D eigenvalue weighted by atomic mass is 16.1. The molecular weight excluding hydrogens is 294 g/mol. The van der Waals surface area contributed by atoms with Crippen LogP contribution in [0.2, 0.25) is 0 Å². The van der Waals surface area contributed by atoms with Gasteiger partial charge in [0.05, 0.1) is 6.42 Å². The molecule has 4 aromatic carbocycles. The molecule has 0 saturated carbocycles. The quantitative estimate of drug-likeness (QED) is 0.555. The lowest BCUT2D eigenvalue weighted by atomic mass is 10.0. The van der Waals surface area contributed by atoms with E-state index in [0.717, 1.165) is 22.0 Å². The lowest BCUT2D eigenvalue weighted by Crippen LogP contribution is -2.14. The molecule has 116 valence electrons. The molecule has 0 spiro atoms. The highest BCUT2D eigenvalue weighted by molar-refractivity contribution is 5.96. The molecule has 0 bridgehead atoms. The van der Waals surface area contributed by atoms with Crippen LogP contribution in [0.4, 0.5) is 5.69 Å². The zero-order valence-electron chi connectivity index (χ0n) is 13.2.